The van der Waals surface area contributed by atoms with E-state index in [2.05, 4.69) is 40.6 Å². The molecule has 148 valence electrons. The maximum absolute atomic E-state index is 6.05. The summed E-state index contributed by atoms with van der Waals surface area (Å²) in [6.07, 6.45) is 3.25. The number of aliphatic imine (C=N–C) groups is 2. The molecule has 0 saturated heterocycles. The highest BCUT2D eigenvalue weighted by atomic mass is 16.3. The first-order chi connectivity index (χ1) is 15.4. The highest BCUT2D eigenvalue weighted by Gasteiger charge is 2.23. The van der Waals surface area contributed by atoms with Crippen LogP contribution < -0.4 is 5.32 Å². The Morgan fingerprint density at radius 3 is 2.32 bits per heavy atom. The molecule has 0 aliphatic carbocycles. The van der Waals surface area contributed by atoms with E-state index in [0.717, 1.165) is 50.3 Å². The molecule has 5 heteroatoms. The Bertz CT molecular complexity index is 1450. The lowest BCUT2D eigenvalue weighted by Gasteiger charge is -2.22. The summed E-state index contributed by atoms with van der Waals surface area (Å²) in [7, 11) is 0. The molecular formula is C26H18N4O. The van der Waals surface area contributed by atoms with Gasteiger partial charge in [0.05, 0.1) is 0 Å². The maximum atomic E-state index is 6.05. The van der Waals surface area contributed by atoms with Crippen LogP contribution in [0.1, 0.15) is 22.9 Å². The minimum atomic E-state index is -0.334. The van der Waals surface area contributed by atoms with Gasteiger partial charge in [0.2, 0.25) is 0 Å². The summed E-state index contributed by atoms with van der Waals surface area (Å²) in [5.41, 5.74) is 4.64. The number of pyridine rings is 1. The van der Waals surface area contributed by atoms with Gasteiger partial charge in [0.1, 0.15) is 22.8 Å². The predicted molar refractivity (Wildman–Crippen MR) is 123 cm³/mol. The van der Waals surface area contributed by atoms with Gasteiger partial charge in [0.25, 0.3) is 0 Å². The monoisotopic (exact) mass is 402 g/mol. The number of hydrogen-bond acceptors (Lipinski definition) is 5. The second-order valence-corrected chi connectivity index (χ2v) is 7.38. The Hall–Kier alpha value is -4.25. The zero-order valence-corrected chi connectivity index (χ0v) is 16.6. The van der Waals surface area contributed by atoms with Gasteiger partial charge >= 0.3 is 0 Å². The van der Waals surface area contributed by atoms with E-state index >= 15 is 0 Å². The van der Waals surface area contributed by atoms with Gasteiger partial charge in [0, 0.05) is 34.3 Å². The molecular weight excluding hydrogens is 384 g/mol. The largest absolute Gasteiger partial charge is 0.456 e. The molecule has 3 heterocycles. The molecule has 1 aliphatic heterocycles. The van der Waals surface area contributed by atoms with Gasteiger partial charge in [-0.1, -0.05) is 72.8 Å². The number of benzene rings is 3. The standard InChI is InChI=1S/C26H18N4O/c1-3-8-17(9-4-1)24-28-25(18-10-5-2-6-11-18)30-26(29-24)19-12-7-13-22-23(19)20-16-27-15-14-21(20)31-22/h1-16,24H,(H,28,29,30). The van der Waals surface area contributed by atoms with Crippen molar-refractivity contribution in [1.82, 2.24) is 10.3 Å². The Morgan fingerprint density at radius 2 is 1.48 bits per heavy atom. The van der Waals surface area contributed by atoms with Crippen LogP contribution >= 0.6 is 0 Å². The van der Waals surface area contributed by atoms with Crippen LogP contribution in [-0.4, -0.2) is 16.7 Å². The number of furan rings is 1. The number of aromatic nitrogens is 1. The van der Waals surface area contributed by atoms with Crippen molar-refractivity contribution in [2.75, 3.05) is 0 Å². The summed E-state index contributed by atoms with van der Waals surface area (Å²) >= 11 is 0. The molecule has 5 nitrogen and oxygen atoms in total. The van der Waals surface area contributed by atoms with Crippen molar-refractivity contribution in [2.45, 2.75) is 6.17 Å². The van der Waals surface area contributed by atoms with Crippen molar-refractivity contribution in [2.24, 2.45) is 9.98 Å². The van der Waals surface area contributed by atoms with E-state index < -0.39 is 0 Å². The molecule has 1 unspecified atom stereocenters. The van der Waals surface area contributed by atoms with Crippen LogP contribution in [0.15, 0.2) is 112 Å². The first-order valence-corrected chi connectivity index (χ1v) is 10.2. The van der Waals surface area contributed by atoms with E-state index in [0.29, 0.717) is 0 Å². The van der Waals surface area contributed by atoms with Crippen LogP contribution in [0.2, 0.25) is 0 Å². The Labute approximate surface area is 178 Å². The molecule has 0 amide bonds. The zero-order chi connectivity index (χ0) is 20.6. The van der Waals surface area contributed by atoms with Crippen LogP contribution in [0, 0.1) is 0 Å². The van der Waals surface area contributed by atoms with Gasteiger partial charge < -0.3 is 9.73 Å². The minimum absolute atomic E-state index is 0.334. The zero-order valence-electron chi connectivity index (χ0n) is 16.6. The fraction of sp³-hybridized carbons (Fsp3) is 0.0385. The molecule has 0 saturated carbocycles. The number of amidine groups is 2. The van der Waals surface area contributed by atoms with Crippen molar-refractivity contribution in [3.63, 3.8) is 0 Å². The average molecular weight is 402 g/mol. The van der Waals surface area contributed by atoms with Crippen molar-refractivity contribution in [1.29, 1.82) is 0 Å². The third-order valence-electron chi connectivity index (χ3n) is 5.44. The summed E-state index contributed by atoms with van der Waals surface area (Å²) < 4.78 is 6.05. The third kappa shape index (κ3) is 3.07. The van der Waals surface area contributed by atoms with Crippen LogP contribution in [0.5, 0.6) is 0 Å². The molecule has 31 heavy (non-hydrogen) atoms. The van der Waals surface area contributed by atoms with E-state index in [4.69, 9.17) is 14.4 Å². The topological polar surface area (TPSA) is 62.8 Å². The van der Waals surface area contributed by atoms with Crippen molar-refractivity contribution in [3.05, 3.63) is 114 Å². The molecule has 6 rings (SSSR count). The van der Waals surface area contributed by atoms with E-state index in [9.17, 15) is 0 Å². The molecule has 0 bridgehead atoms. The fourth-order valence-electron chi connectivity index (χ4n) is 3.97. The molecule has 0 spiro atoms. The molecule has 2 aromatic heterocycles. The van der Waals surface area contributed by atoms with Crippen molar-refractivity contribution < 1.29 is 4.42 Å². The van der Waals surface area contributed by atoms with Gasteiger partial charge in [-0.3, -0.25) is 4.98 Å². The molecule has 1 atom stereocenters. The van der Waals surface area contributed by atoms with E-state index in [-0.39, 0.29) is 6.17 Å². The van der Waals surface area contributed by atoms with Gasteiger partial charge in [-0.15, -0.1) is 0 Å². The highest BCUT2D eigenvalue weighted by molar-refractivity contribution is 6.23. The van der Waals surface area contributed by atoms with E-state index in [1.54, 1.807) is 6.20 Å². The minimum Gasteiger partial charge on any atom is -0.456 e. The molecule has 1 N–H and O–H groups in total. The van der Waals surface area contributed by atoms with Crippen LogP contribution in [0.25, 0.3) is 21.9 Å². The van der Waals surface area contributed by atoms with Gasteiger partial charge in [-0.25, -0.2) is 9.98 Å². The summed E-state index contributed by atoms with van der Waals surface area (Å²) in [4.78, 5) is 14.2. The number of nitrogens with zero attached hydrogens (tertiary/aromatic N) is 3. The number of fused-ring (bicyclic) bond motifs is 3. The molecule has 1 aliphatic rings. The Balaban J connectivity index is 1.55. The van der Waals surface area contributed by atoms with Gasteiger partial charge in [-0.2, -0.15) is 0 Å². The number of rotatable bonds is 3. The summed E-state index contributed by atoms with van der Waals surface area (Å²) in [5.74, 6) is 1.56. The first-order valence-electron chi connectivity index (χ1n) is 10.2. The SMILES string of the molecule is c1ccc(C2=NC(c3ccccc3)N=C(c3cccc4oc5ccncc5c34)N2)cc1. The van der Waals surface area contributed by atoms with Crippen molar-refractivity contribution >= 4 is 33.6 Å². The smallest absolute Gasteiger partial charge is 0.169 e. The van der Waals surface area contributed by atoms with Gasteiger partial charge in [0.15, 0.2) is 6.17 Å². The predicted octanol–water partition coefficient (Wildman–Crippen LogP) is 5.48. The lowest BCUT2D eigenvalue weighted by atomic mass is 10.0. The van der Waals surface area contributed by atoms with Crippen molar-refractivity contribution in [3.8, 4) is 0 Å². The normalized spacial score (nSPS) is 16.1. The number of nitrogens with one attached hydrogen (secondary N) is 1. The molecule has 5 aromatic rings. The molecule has 0 radical (unpaired) electrons. The van der Waals surface area contributed by atoms with E-state index in [1.807, 2.05) is 60.8 Å². The summed E-state index contributed by atoms with van der Waals surface area (Å²) in [6, 6.07) is 28.2. The van der Waals surface area contributed by atoms with Gasteiger partial charge in [-0.05, 0) is 17.7 Å². The second kappa shape index (κ2) is 7.22. The van der Waals surface area contributed by atoms with E-state index in [1.165, 1.54) is 0 Å². The summed E-state index contributed by atoms with van der Waals surface area (Å²) in [5, 5.41) is 5.44. The van der Waals surface area contributed by atoms with Crippen LogP contribution in [0.4, 0.5) is 0 Å². The lowest BCUT2D eigenvalue weighted by Crippen LogP contribution is -2.36. The molecule has 0 fully saturated rings. The summed E-state index contributed by atoms with van der Waals surface area (Å²) in [6.45, 7) is 0. The quantitative estimate of drug-likeness (QED) is 0.435. The first kappa shape index (κ1) is 17.6. The number of hydrogen-bond donors (Lipinski definition) is 1. The molecule has 3 aromatic carbocycles. The van der Waals surface area contributed by atoms with Crippen LogP contribution in [-0.2, 0) is 0 Å². The Kier molecular flexibility index (Phi) is 4.10. The second-order valence-electron chi connectivity index (χ2n) is 7.38. The maximum Gasteiger partial charge on any atom is 0.169 e. The Morgan fingerprint density at radius 1 is 0.710 bits per heavy atom. The average Bonchev–Trinajstić information content (AvgIpc) is 3.24. The highest BCUT2D eigenvalue weighted by Crippen LogP contribution is 2.32. The van der Waals surface area contributed by atoms with Crippen LogP contribution in [0.3, 0.4) is 0 Å². The fourth-order valence-corrected chi connectivity index (χ4v) is 3.97. The third-order valence-corrected chi connectivity index (χ3v) is 5.44. The lowest BCUT2D eigenvalue weighted by molar-refractivity contribution is 0.668.